The van der Waals surface area contributed by atoms with Gasteiger partial charge in [-0.2, -0.15) is 0 Å². The van der Waals surface area contributed by atoms with E-state index in [0.717, 1.165) is 60.9 Å². The first kappa shape index (κ1) is 31.6. The Bertz CT molecular complexity index is 3150. The maximum atomic E-state index is 6.80. The molecule has 0 radical (unpaired) electrons. The molecule has 0 unspecified atom stereocenters. The molecule has 258 valence electrons. The summed E-state index contributed by atoms with van der Waals surface area (Å²) in [5, 5.41) is 7.04. The number of para-hydroxylation sites is 1. The lowest BCUT2D eigenvalue weighted by Gasteiger charge is -2.29. The van der Waals surface area contributed by atoms with Crippen LogP contribution in [0.2, 0.25) is 0 Å². The van der Waals surface area contributed by atoms with Gasteiger partial charge in [-0.1, -0.05) is 152 Å². The van der Waals surface area contributed by atoms with Gasteiger partial charge in [-0.25, -0.2) is 0 Å². The van der Waals surface area contributed by atoms with Gasteiger partial charge in [-0.3, -0.25) is 0 Å². The maximum absolute atomic E-state index is 6.80. The van der Waals surface area contributed by atoms with Crippen molar-refractivity contribution in [3.05, 3.63) is 200 Å². The molecule has 0 saturated carbocycles. The Balaban J connectivity index is 1.25. The summed E-state index contributed by atoms with van der Waals surface area (Å²) in [6, 6.07) is 72.2. The van der Waals surface area contributed by atoms with Crippen molar-refractivity contribution < 1.29 is 4.42 Å². The van der Waals surface area contributed by atoms with Gasteiger partial charge in [0, 0.05) is 47.8 Å². The van der Waals surface area contributed by atoms with Crippen molar-refractivity contribution in [1.82, 2.24) is 0 Å². The van der Waals surface area contributed by atoms with Gasteiger partial charge in [0.2, 0.25) is 0 Å². The van der Waals surface area contributed by atoms with E-state index < -0.39 is 0 Å². The molecular weight excluding hydrogens is 687 g/mol. The van der Waals surface area contributed by atoms with E-state index >= 15 is 0 Å². The van der Waals surface area contributed by atoms with Crippen LogP contribution >= 0.6 is 11.3 Å². The fourth-order valence-corrected chi connectivity index (χ4v) is 9.55. The molecule has 0 spiro atoms. The number of fused-ring (bicyclic) bond motifs is 8. The molecule has 2 heterocycles. The van der Waals surface area contributed by atoms with Crippen LogP contribution in [-0.2, 0) is 0 Å². The smallest absolute Gasteiger partial charge is 0.143 e. The van der Waals surface area contributed by atoms with E-state index in [1.54, 1.807) is 0 Å². The Morgan fingerprint density at radius 1 is 0.400 bits per heavy atom. The van der Waals surface area contributed by atoms with Crippen LogP contribution in [0.5, 0.6) is 0 Å². The molecule has 2 aromatic heterocycles. The minimum atomic E-state index is 0.862. The maximum Gasteiger partial charge on any atom is 0.143 e. The first-order chi connectivity index (χ1) is 27.3. The second-order valence-electron chi connectivity index (χ2n) is 14.0. The molecule has 0 amide bonds. The molecule has 0 aliphatic heterocycles. The van der Waals surface area contributed by atoms with Gasteiger partial charge in [-0.15, -0.1) is 11.3 Å². The molecule has 0 bridgehead atoms. The predicted molar refractivity (Wildman–Crippen MR) is 235 cm³/mol. The third-order valence-corrected chi connectivity index (χ3v) is 12.1. The van der Waals surface area contributed by atoms with Gasteiger partial charge in [0.25, 0.3) is 0 Å². The van der Waals surface area contributed by atoms with E-state index in [4.69, 9.17) is 4.42 Å². The summed E-state index contributed by atoms with van der Waals surface area (Å²) in [7, 11) is 0. The quantitative estimate of drug-likeness (QED) is 0.170. The van der Waals surface area contributed by atoms with Gasteiger partial charge in [0.15, 0.2) is 0 Å². The fourth-order valence-electron chi connectivity index (χ4n) is 8.32. The molecule has 0 N–H and O–H groups in total. The van der Waals surface area contributed by atoms with E-state index in [2.05, 4.69) is 205 Å². The van der Waals surface area contributed by atoms with Crippen molar-refractivity contribution in [3.63, 3.8) is 0 Å². The van der Waals surface area contributed by atoms with Gasteiger partial charge in [0.05, 0.1) is 16.8 Å². The number of nitrogens with zero attached hydrogens (tertiary/aromatic N) is 1. The van der Waals surface area contributed by atoms with Crippen molar-refractivity contribution in [1.29, 1.82) is 0 Å². The van der Waals surface area contributed by atoms with Crippen LogP contribution in [0.25, 0.3) is 86.3 Å². The summed E-state index contributed by atoms with van der Waals surface area (Å²) < 4.78 is 9.38. The largest absolute Gasteiger partial charge is 0.455 e. The summed E-state index contributed by atoms with van der Waals surface area (Å²) >= 11 is 1.87. The van der Waals surface area contributed by atoms with Gasteiger partial charge >= 0.3 is 0 Å². The number of hydrogen-bond donors (Lipinski definition) is 0. The SMILES string of the molecule is c1ccc(-c2cc(-c3ccccc3)cc(N(c3ccccc3-c3cccc4c3sc3ccccc34)c3cccc4oc5c6ccccc6ccc5c34)c2)cc1. The van der Waals surface area contributed by atoms with Gasteiger partial charge in [-0.05, 0) is 76.2 Å². The normalized spacial score (nSPS) is 11.6. The van der Waals surface area contributed by atoms with Crippen molar-refractivity contribution in [3.8, 4) is 33.4 Å². The monoisotopic (exact) mass is 719 g/mol. The molecule has 0 atom stereocenters. The minimum absolute atomic E-state index is 0.862. The zero-order valence-corrected chi connectivity index (χ0v) is 30.6. The van der Waals surface area contributed by atoms with Crippen LogP contribution in [0.15, 0.2) is 205 Å². The molecule has 55 heavy (non-hydrogen) atoms. The number of benzene rings is 9. The summed E-state index contributed by atoms with van der Waals surface area (Å²) in [4.78, 5) is 2.47. The van der Waals surface area contributed by atoms with Crippen LogP contribution in [0.1, 0.15) is 0 Å². The van der Waals surface area contributed by atoms with Crippen LogP contribution in [0.3, 0.4) is 0 Å². The summed E-state index contributed by atoms with van der Waals surface area (Å²) in [5.41, 5.74) is 12.0. The Hall–Kier alpha value is -6.94. The van der Waals surface area contributed by atoms with Crippen LogP contribution in [-0.4, -0.2) is 0 Å². The highest BCUT2D eigenvalue weighted by Gasteiger charge is 2.24. The molecule has 11 rings (SSSR count). The molecule has 0 saturated heterocycles. The van der Waals surface area contributed by atoms with E-state index in [-0.39, 0.29) is 0 Å². The van der Waals surface area contributed by atoms with Crippen LogP contribution < -0.4 is 4.90 Å². The summed E-state index contributed by atoms with van der Waals surface area (Å²) in [6.07, 6.45) is 0. The topological polar surface area (TPSA) is 16.4 Å². The number of thiophene rings is 1. The second-order valence-corrected chi connectivity index (χ2v) is 15.1. The molecule has 0 aliphatic carbocycles. The van der Waals surface area contributed by atoms with E-state index in [1.165, 1.54) is 42.4 Å². The number of hydrogen-bond acceptors (Lipinski definition) is 3. The Labute approximate surface area is 322 Å². The fraction of sp³-hybridized carbons (Fsp3) is 0. The van der Waals surface area contributed by atoms with E-state index in [0.29, 0.717) is 0 Å². The Morgan fingerprint density at radius 3 is 1.82 bits per heavy atom. The first-order valence-corrected chi connectivity index (χ1v) is 19.5. The zero-order chi connectivity index (χ0) is 36.3. The second kappa shape index (κ2) is 12.9. The number of anilines is 3. The number of furan rings is 1. The molecule has 2 nitrogen and oxygen atoms in total. The van der Waals surface area contributed by atoms with Crippen molar-refractivity contribution >= 4 is 81.3 Å². The lowest BCUT2D eigenvalue weighted by molar-refractivity contribution is 0.672. The minimum Gasteiger partial charge on any atom is -0.455 e. The van der Waals surface area contributed by atoms with Gasteiger partial charge < -0.3 is 9.32 Å². The number of rotatable bonds is 6. The Morgan fingerprint density at radius 2 is 1.02 bits per heavy atom. The van der Waals surface area contributed by atoms with E-state index in [1.807, 2.05) is 11.3 Å². The average Bonchev–Trinajstić information content (AvgIpc) is 3.84. The van der Waals surface area contributed by atoms with Crippen LogP contribution in [0, 0.1) is 0 Å². The lowest BCUT2D eigenvalue weighted by atomic mass is 9.95. The lowest BCUT2D eigenvalue weighted by Crippen LogP contribution is -2.12. The highest BCUT2D eigenvalue weighted by atomic mass is 32.1. The third-order valence-electron chi connectivity index (χ3n) is 10.8. The van der Waals surface area contributed by atoms with Gasteiger partial charge in [0.1, 0.15) is 11.2 Å². The average molecular weight is 720 g/mol. The van der Waals surface area contributed by atoms with Crippen LogP contribution in [0.4, 0.5) is 17.1 Å². The zero-order valence-electron chi connectivity index (χ0n) is 29.8. The highest BCUT2D eigenvalue weighted by molar-refractivity contribution is 7.26. The Kier molecular flexibility index (Phi) is 7.39. The van der Waals surface area contributed by atoms with Crippen molar-refractivity contribution in [2.45, 2.75) is 0 Å². The molecule has 0 fully saturated rings. The third kappa shape index (κ3) is 5.24. The first-order valence-electron chi connectivity index (χ1n) is 18.7. The van der Waals surface area contributed by atoms with Crippen molar-refractivity contribution in [2.75, 3.05) is 4.90 Å². The predicted octanol–water partition coefficient (Wildman–Crippen LogP) is 15.6. The molecule has 11 aromatic rings. The van der Waals surface area contributed by atoms with E-state index in [9.17, 15) is 0 Å². The molecule has 9 aromatic carbocycles. The molecule has 0 aliphatic rings. The molecule has 3 heteroatoms. The molecular formula is C52H33NOS. The standard InChI is InChI=1S/C52H33NOS/c1-3-15-34(16-4-1)37-31-38(35-17-5-2-6-18-35)33-39(32-37)53(47-26-14-27-48-50(47)45-30-29-36-19-7-8-20-40(36)51(45)54-48)46-25-11-9-21-41(46)43-23-13-24-44-42-22-10-12-28-49(42)55-52(43)44/h1-33H. The highest BCUT2D eigenvalue weighted by Crippen LogP contribution is 2.50. The summed E-state index contributed by atoms with van der Waals surface area (Å²) in [5.74, 6) is 0. The van der Waals surface area contributed by atoms with Crippen molar-refractivity contribution in [2.24, 2.45) is 0 Å². The summed E-state index contributed by atoms with van der Waals surface area (Å²) in [6.45, 7) is 0.